The minimum absolute atomic E-state index is 0.471. The lowest BCUT2D eigenvalue weighted by Crippen LogP contribution is -2.19. The summed E-state index contributed by atoms with van der Waals surface area (Å²) in [5.74, 6) is 0.702. The highest BCUT2D eigenvalue weighted by Gasteiger charge is 2.08. The van der Waals surface area contributed by atoms with Crippen LogP contribution >= 0.6 is 0 Å². The zero-order valence-electron chi connectivity index (χ0n) is 11.0. The molecule has 0 aromatic carbocycles. The third-order valence-corrected chi connectivity index (χ3v) is 2.81. The van der Waals surface area contributed by atoms with Crippen LogP contribution in [0.15, 0.2) is 18.6 Å². The van der Waals surface area contributed by atoms with E-state index in [0.29, 0.717) is 12.5 Å². The van der Waals surface area contributed by atoms with E-state index in [9.17, 15) is 0 Å². The summed E-state index contributed by atoms with van der Waals surface area (Å²) in [5, 5.41) is 4.14. The second kappa shape index (κ2) is 5.14. The average Bonchev–Trinajstić information content (AvgIpc) is 2.74. The molecule has 0 bridgehead atoms. The van der Waals surface area contributed by atoms with Gasteiger partial charge in [-0.25, -0.2) is 9.97 Å². The summed E-state index contributed by atoms with van der Waals surface area (Å²) < 4.78 is 1.78. The first-order chi connectivity index (χ1) is 8.60. The SMILES string of the molecule is Cc1nc(N(C)Cc2cnn(C)c2)ncc1CN. The van der Waals surface area contributed by atoms with Crippen LogP contribution in [-0.2, 0) is 20.1 Å². The second-order valence-electron chi connectivity index (χ2n) is 4.36. The van der Waals surface area contributed by atoms with Crippen LogP contribution in [-0.4, -0.2) is 26.8 Å². The van der Waals surface area contributed by atoms with Crippen molar-refractivity contribution in [3.05, 3.63) is 35.4 Å². The number of nitrogens with zero attached hydrogens (tertiary/aromatic N) is 5. The predicted molar refractivity (Wildman–Crippen MR) is 70.0 cm³/mol. The molecule has 0 radical (unpaired) electrons. The van der Waals surface area contributed by atoms with Crippen molar-refractivity contribution in [3.8, 4) is 0 Å². The molecule has 0 amide bonds. The van der Waals surface area contributed by atoms with Gasteiger partial charge in [0.25, 0.3) is 0 Å². The molecule has 2 aromatic rings. The summed E-state index contributed by atoms with van der Waals surface area (Å²) in [6, 6.07) is 0. The Hall–Kier alpha value is -1.95. The number of nitrogens with two attached hydrogens (primary N) is 1. The molecule has 2 rings (SSSR count). The normalized spacial score (nSPS) is 10.7. The van der Waals surface area contributed by atoms with Crippen LogP contribution in [0.1, 0.15) is 16.8 Å². The number of anilines is 1. The lowest BCUT2D eigenvalue weighted by Gasteiger charge is -2.16. The van der Waals surface area contributed by atoms with Crippen LogP contribution < -0.4 is 10.6 Å². The van der Waals surface area contributed by atoms with E-state index in [2.05, 4.69) is 15.1 Å². The Bertz CT molecular complexity index is 533. The van der Waals surface area contributed by atoms with Gasteiger partial charge in [-0.2, -0.15) is 5.10 Å². The third-order valence-electron chi connectivity index (χ3n) is 2.81. The molecule has 2 heterocycles. The van der Waals surface area contributed by atoms with Crippen LogP contribution in [0.4, 0.5) is 5.95 Å². The van der Waals surface area contributed by atoms with Crippen LogP contribution in [0.25, 0.3) is 0 Å². The van der Waals surface area contributed by atoms with Gasteiger partial charge in [-0.05, 0) is 6.92 Å². The van der Waals surface area contributed by atoms with Gasteiger partial charge in [-0.3, -0.25) is 4.68 Å². The third kappa shape index (κ3) is 2.65. The Kier molecular flexibility index (Phi) is 3.57. The Morgan fingerprint density at radius 1 is 1.39 bits per heavy atom. The molecule has 0 unspecified atom stereocenters. The smallest absolute Gasteiger partial charge is 0.225 e. The van der Waals surface area contributed by atoms with E-state index in [-0.39, 0.29) is 0 Å². The number of hydrogen-bond acceptors (Lipinski definition) is 5. The van der Waals surface area contributed by atoms with Crippen molar-refractivity contribution in [1.82, 2.24) is 19.7 Å². The maximum absolute atomic E-state index is 5.60. The first-order valence-corrected chi connectivity index (χ1v) is 5.81. The molecule has 2 aromatic heterocycles. The molecule has 0 fully saturated rings. The first-order valence-electron chi connectivity index (χ1n) is 5.81. The van der Waals surface area contributed by atoms with Gasteiger partial charge in [-0.1, -0.05) is 0 Å². The van der Waals surface area contributed by atoms with E-state index in [1.807, 2.05) is 38.3 Å². The summed E-state index contributed by atoms with van der Waals surface area (Å²) in [4.78, 5) is 10.8. The fourth-order valence-corrected chi connectivity index (χ4v) is 1.76. The van der Waals surface area contributed by atoms with Crippen molar-refractivity contribution in [1.29, 1.82) is 0 Å². The number of rotatable bonds is 4. The Balaban J connectivity index is 2.13. The molecular weight excluding hydrogens is 228 g/mol. The second-order valence-corrected chi connectivity index (χ2v) is 4.36. The lowest BCUT2D eigenvalue weighted by atomic mass is 10.2. The average molecular weight is 246 g/mol. The first kappa shape index (κ1) is 12.5. The molecule has 2 N–H and O–H groups in total. The summed E-state index contributed by atoms with van der Waals surface area (Å²) in [5.41, 5.74) is 8.64. The Morgan fingerprint density at radius 2 is 2.17 bits per heavy atom. The molecule has 0 aliphatic carbocycles. The highest BCUT2D eigenvalue weighted by Crippen LogP contribution is 2.12. The molecule has 6 nitrogen and oxygen atoms in total. The molecule has 0 aliphatic heterocycles. The van der Waals surface area contributed by atoms with Crippen molar-refractivity contribution in [2.24, 2.45) is 12.8 Å². The van der Waals surface area contributed by atoms with E-state index >= 15 is 0 Å². The molecule has 0 saturated carbocycles. The topological polar surface area (TPSA) is 72.9 Å². The molecular formula is C12H18N6. The van der Waals surface area contributed by atoms with Crippen molar-refractivity contribution in [2.45, 2.75) is 20.0 Å². The summed E-state index contributed by atoms with van der Waals surface area (Å²) in [6.07, 6.45) is 5.62. The van der Waals surface area contributed by atoms with Crippen molar-refractivity contribution in [2.75, 3.05) is 11.9 Å². The Labute approximate surface area is 106 Å². The largest absolute Gasteiger partial charge is 0.339 e. The maximum atomic E-state index is 5.60. The van der Waals surface area contributed by atoms with Gasteiger partial charge in [0.2, 0.25) is 5.95 Å². The minimum Gasteiger partial charge on any atom is -0.339 e. The van der Waals surface area contributed by atoms with Gasteiger partial charge in [0.05, 0.1) is 6.20 Å². The monoisotopic (exact) mass is 246 g/mol. The van der Waals surface area contributed by atoms with Crippen LogP contribution in [0.2, 0.25) is 0 Å². The van der Waals surface area contributed by atoms with Crippen molar-refractivity contribution >= 4 is 5.95 Å². The van der Waals surface area contributed by atoms with Crippen LogP contribution in [0.5, 0.6) is 0 Å². The van der Waals surface area contributed by atoms with Gasteiger partial charge < -0.3 is 10.6 Å². The zero-order chi connectivity index (χ0) is 13.1. The summed E-state index contributed by atoms with van der Waals surface area (Å²) in [7, 11) is 3.87. The van der Waals surface area contributed by atoms with E-state index in [1.54, 1.807) is 10.9 Å². The predicted octanol–water partition coefficient (Wildman–Crippen LogP) is 0.614. The summed E-state index contributed by atoms with van der Waals surface area (Å²) in [6.45, 7) is 3.15. The quantitative estimate of drug-likeness (QED) is 0.856. The number of aromatic nitrogens is 4. The van der Waals surface area contributed by atoms with Crippen molar-refractivity contribution in [3.63, 3.8) is 0 Å². The lowest BCUT2D eigenvalue weighted by molar-refractivity contribution is 0.766. The number of hydrogen-bond donors (Lipinski definition) is 1. The van der Waals surface area contributed by atoms with Gasteiger partial charge in [-0.15, -0.1) is 0 Å². The van der Waals surface area contributed by atoms with Gasteiger partial charge in [0, 0.05) is 56.4 Å². The molecule has 96 valence electrons. The molecule has 0 spiro atoms. The fraction of sp³-hybridized carbons (Fsp3) is 0.417. The molecule has 0 atom stereocenters. The minimum atomic E-state index is 0.471. The standard InChI is InChI=1S/C12H18N6/c1-9-11(4-13)6-14-12(16-9)17(2)7-10-5-15-18(3)8-10/h5-6,8H,4,7,13H2,1-3H3. The summed E-state index contributed by atoms with van der Waals surface area (Å²) >= 11 is 0. The van der Waals surface area contributed by atoms with Gasteiger partial charge >= 0.3 is 0 Å². The zero-order valence-corrected chi connectivity index (χ0v) is 11.0. The van der Waals surface area contributed by atoms with Crippen LogP contribution in [0, 0.1) is 6.92 Å². The molecule has 0 aliphatic rings. The highest BCUT2D eigenvalue weighted by atomic mass is 15.3. The molecule has 6 heteroatoms. The van der Waals surface area contributed by atoms with E-state index in [0.717, 1.165) is 23.4 Å². The highest BCUT2D eigenvalue weighted by molar-refractivity contribution is 5.32. The van der Waals surface area contributed by atoms with E-state index < -0.39 is 0 Å². The molecule has 0 saturated heterocycles. The fourth-order valence-electron chi connectivity index (χ4n) is 1.76. The molecule has 18 heavy (non-hydrogen) atoms. The number of aryl methyl sites for hydroxylation is 2. The van der Waals surface area contributed by atoms with Crippen LogP contribution in [0.3, 0.4) is 0 Å². The van der Waals surface area contributed by atoms with Crippen molar-refractivity contribution < 1.29 is 0 Å². The van der Waals surface area contributed by atoms with E-state index in [4.69, 9.17) is 5.73 Å². The van der Waals surface area contributed by atoms with Gasteiger partial charge in [0.1, 0.15) is 0 Å². The maximum Gasteiger partial charge on any atom is 0.225 e. The Morgan fingerprint density at radius 3 is 2.72 bits per heavy atom. The van der Waals surface area contributed by atoms with Gasteiger partial charge in [0.15, 0.2) is 0 Å². The van der Waals surface area contributed by atoms with E-state index in [1.165, 1.54) is 0 Å².